The molecule has 1 amide bonds. The van der Waals surface area contributed by atoms with Gasteiger partial charge in [-0.25, -0.2) is 0 Å². The predicted octanol–water partition coefficient (Wildman–Crippen LogP) is 5.29. The third-order valence-corrected chi connectivity index (χ3v) is 5.86. The maximum absolute atomic E-state index is 13.7. The Kier molecular flexibility index (Phi) is 4.55. The summed E-state index contributed by atoms with van der Waals surface area (Å²) in [5, 5.41) is 0. The van der Waals surface area contributed by atoms with Gasteiger partial charge >= 0.3 is 0 Å². The summed E-state index contributed by atoms with van der Waals surface area (Å²) in [6.45, 7) is 0.503. The summed E-state index contributed by atoms with van der Waals surface area (Å²) in [5.74, 6) is 1.57. The van der Waals surface area contributed by atoms with Gasteiger partial charge in [-0.3, -0.25) is 4.79 Å². The second kappa shape index (κ2) is 7.38. The Balaban J connectivity index is 1.54. The van der Waals surface area contributed by atoms with Crippen LogP contribution >= 0.6 is 0 Å². The molecule has 0 radical (unpaired) electrons. The monoisotopic (exact) mass is 397 g/mol. The molecule has 1 saturated heterocycles. The van der Waals surface area contributed by atoms with Crippen LogP contribution in [0.25, 0.3) is 6.08 Å². The molecule has 1 unspecified atom stereocenters. The Bertz CT molecular complexity index is 1110. The highest BCUT2D eigenvalue weighted by Crippen LogP contribution is 2.52. The first-order chi connectivity index (χ1) is 14.7. The smallest absolute Gasteiger partial charge is 0.276 e. The van der Waals surface area contributed by atoms with Gasteiger partial charge in [0, 0.05) is 24.5 Å². The van der Waals surface area contributed by atoms with E-state index in [4.69, 9.17) is 9.47 Å². The van der Waals surface area contributed by atoms with Gasteiger partial charge in [0.1, 0.15) is 5.75 Å². The molecule has 3 aromatic carbocycles. The van der Waals surface area contributed by atoms with Crippen molar-refractivity contribution >= 4 is 17.7 Å². The lowest BCUT2D eigenvalue weighted by atomic mass is 9.92. The summed E-state index contributed by atoms with van der Waals surface area (Å²) in [4.78, 5) is 15.6. The van der Waals surface area contributed by atoms with Crippen LogP contribution in [-0.2, 0) is 21.7 Å². The molecule has 0 saturated carbocycles. The number of fused-ring (bicyclic) bond motifs is 2. The van der Waals surface area contributed by atoms with E-state index in [1.165, 1.54) is 0 Å². The van der Waals surface area contributed by atoms with Gasteiger partial charge in [0.25, 0.3) is 5.91 Å². The maximum Gasteiger partial charge on any atom is 0.276 e. The summed E-state index contributed by atoms with van der Waals surface area (Å²) in [6.07, 6.45) is 3.39. The average molecular weight is 397 g/mol. The van der Waals surface area contributed by atoms with Gasteiger partial charge in [0.15, 0.2) is 0 Å². The summed E-state index contributed by atoms with van der Waals surface area (Å²) >= 11 is 0. The molecular formula is C26H23NO3. The highest BCUT2D eigenvalue weighted by molar-refractivity contribution is 6.07. The van der Waals surface area contributed by atoms with Crippen LogP contribution in [0.4, 0.5) is 5.69 Å². The van der Waals surface area contributed by atoms with Gasteiger partial charge in [0.2, 0.25) is 5.60 Å². The van der Waals surface area contributed by atoms with E-state index in [2.05, 4.69) is 0 Å². The van der Waals surface area contributed by atoms with E-state index in [1.807, 2.05) is 89.8 Å². The number of anilines is 1. The zero-order chi connectivity index (χ0) is 20.6. The van der Waals surface area contributed by atoms with Gasteiger partial charge in [-0.1, -0.05) is 60.7 Å². The fourth-order valence-corrected chi connectivity index (χ4v) is 4.37. The first kappa shape index (κ1) is 18.5. The quantitative estimate of drug-likeness (QED) is 0.601. The van der Waals surface area contributed by atoms with E-state index in [1.54, 1.807) is 7.11 Å². The number of hydrogen-bond acceptors (Lipinski definition) is 3. The molecule has 1 atom stereocenters. The molecule has 3 aromatic rings. The van der Waals surface area contributed by atoms with E-state index in [9.17, 15) is 4.79 Å². The summed E-state index contributed by atoms with van der Waals surface area (Å²) < 4.78 is 11.9. The lowest BCUT2D eigenvalue weighted by Gasteiger charge is -2.23. The highest BCUT2D eigenvalue weighted by atomic mass is 16.5. The molecule has 1 fully saturated rings. The zero-order valence-corrected chi connectivity index (χ0v) is 16.9. The summed E-state index contributed by atoms with van der Waals surface area (Å²) in [7, 11) is 1.64. The Morgan fingerprint density at radius 2 is 1.77 bits per heavy atom. The second-order valence-corrected chi connectivity index (χ2v) is 7.71. The van der Waals surface area contributed by atoms with Gasteiger partial charge in [-0.05, 0) is 29.3 Å². The summed E-state index contributed by atoms with van der Waals surface area (Å²) in [6, 6.07) is 25.9. The summed E-state index contributed by atoms with van der Waals surface area (Å²) in [5.41, 5.74) is 2.97. The van der Waals surface area contributed by atoms with Crippen molar-refractivity contribution in [2.45, 2.75) is 25.0 Å². The zero-order valence-electron chi connectivity index (χ0n) is 16.9. The van der Waals surface area contributed by atoms with E-state index in [0.29, 0.717) is 13.0 Å². The third kappa shape index (κ3) is 3.05. The number of amides is 1. The molecular weight excluding hydrogens is 374 g/mol. The van der Waals surface area contributed by atoms with E-state index in [-0.39, 0.29) is 5.91 Å². The number of nitrogens with zero attached hydrogens (tertiary/aromatic N) is 1. The molecule has 1 spiro atoms. The fraction of sp³-hybridized carbons (Fsp3) is 0.192. The Labute approximate surface area is 176 Å². The Hall–Kier alpha value is -3.53. The molecule has 5 rings (SSSR count). The third-order valence-electron chi connectivity index (χ3n) is 5.86. The van der Waals surface area contributed by atoms with Crippen LogP contribution in [0.15, 0.2) is 84.6 Å². The number of hydrogen-bond donors (Lipinski definition) is 0. The van der Waals surface area contributed by atoms with Crippen molar-refractivity contribution in [3.63, 3.8) is 0 Å². The van der Waals surface area contributed by atoms with Crippen molar-refractivity contribution in [3.8, 4) is 5.75 Å². The van der Waals surface area contributed by atoms with Crippen LogP contribution in [0.5, 0.6) is 5.75 Å². The molecule has 0 N–H and O–H groups in total. The number of ether oxygens (including phenoxy) is 2. The minimum atomic E-state index is -0.961. The lowest BCUT2D eigenvalue weighted by Crippen LogP contribution is -2.39. The number of rotatable bonds is 4. The molecule has 2 heterocycles. The van der Waals surface area contributed by atoms with E-state index < -0.39 is 5.60 Å². The molecule has 4 heteroatoms. The number of benzene rings is 3. The fourth-order valence-electron chi connectivity index (χ4n) is 4.37. The van der Waals surface area contributed by atoms with Gasteiger partial charge in [-0.15, -0.1) is 0 Å². The molecule has 150 valence electrons. The number of carbonyl (C=O) groups is 1. The average Bonchev–Trinajstić information content (AvgIpc) is 3.31. The van der Waals surface area contributed by atoms with Gasteiger partial charge < -0.3 is 14.4 Å². The second-order valence-electron chi connectivity index (χ2n) is 7.71. The minimum absolute atomic E-state index is 0.00827. The van der Waals surface area contributed by atoms with E-state index >= 15 is 0 Å². The van der Waals surface area contributed by atoms with Crippen LogP contribution in [-0.4, -0.2) is 13.0 Å². The largest absolute Gasteiger partial charge is 0.497 e. The van der Waals surface area contributed by atoms with Crippen LogP contribution in [0, 0.1) is 0 Å². The molecule has 0 aliphatic carbocycles. The highest BCUT2D eigenvalue weighted by Gasteiger charge is 2.56. The van der Waals surface area contributed by atoms with Crippen molar-refractivity contribution in [2.75, 3.05) is 12.0 Å². The van der Waals surface area contributed by atoms with E-state index in [0.717, 1.165) is 40.3 Å². The molecule has 4 nitrogen and oxygen atoms in total. The molecule has 2 aliphatic rings. The first-order valence-corrected chi connectivity index (χ1v) is 10.2. The standard InChI is InChI=1S/C26H23NO3/c1-29-21-12-13-23-24(17-21)27(18-20-10-6-3-7-11-20)25(28)26(23)15-14-22(30-26)16-19-8-4-2-5-9-19/h2-13,16-17H,14-15,18H2,1H3/b22-16-. The van der Waals surface area contributed by atoms with Crippen molar-refractivity contribution in [1.29, 1.82) is 0 Å². The normalized spacial score (nSPS) is 21.2. The van der Waals surface area contributed by atoms with Crippen LogP contribution in [0.1, 0.15) is 29.5 Å². The van der Waals surface area contributed by atoms with Gasteiger partial charge in [0.05, 0.1) is 25.1 Å². The lowest BCUT2D eigenvalue weighted by molar-refractivity contribution is -0.135. The van der Waals surface area contributed by atoms with Crippen molar-refractivity contribution in [3.05, 3.63) is 101 Å². The Morgan fingerprint density at radius 3 is 2.50 bits per heavy atom. The molecule has 2 aliphatic heterocycles. The van der Waals surface area contributed by atoms with Crippen LogP contribution in [0.3, 0.4) is 0 Å². The number of carbonyl (C=O) groups excluding carboxylic acids is 1. The number of methoxy groups -OCH3 is 1. The predicted molar refractivity (Wildman–Crippen MR) is 117 cm³/mol. The van der Waals surface area contributed by atoms with Crippen molar-refractivity contribution in [2.24, 2.45) is 0 Å². The van der Waals surface area contributed by atoms with Crippen LogP contribution in [0.2, 0.25) is 0 Å². The Morgan fingerprint density at radius 1 is 1.03 bits per heavy atom. The SMILES string of the molecule is COc1ccc2c(c1)N(Cc1ccccc1)C(=O)C21CC/C(=C/c2ccccc2)O1. The van der Waals surface area contributed by atoms with Crippen LogP contribution < -0.4 is 9.64 Å². The van der Waals surface area contributed by atoms with Crippen molar-refractivity contribution < 1.29 is 14.3 Å². The maximum atomic E-state index is 13.7. The molecule has 30 heavy (non-hydrogen) atoms. The molecule has 0 bridgehead atoms. The topological polar surface area (TPSA) is 38.8 Å². The number of allylic oxidation sites excluding steroid dienone is 1. The first-order valence-electron chi connectivity index (χ1n) is 10.2. The molecule has 0 aromatic heterocycles. The van der Waals surface area contributed by atoms with Crippen molar-refractivity contribution in [1.82, 2.24) is 0 Å². The minimum Gasteiger partial charge on any atom is -0.497 e. The van der Waals surface area contributed by atoms with Gasteiger partial charge in [-0.2, -0.15) is 0 Å².